The van der Waals surface area contributed by atoms with Crippen LogP contribution in [-0.2, 0) is 15.9 Å². The first kappa shape index (κ1) is 25.2. The number of ether oxygens (including phenoxy) is 2. The first-order chi connectivity index (χ1) is 13.4. The number of carbonyl (C=O) groups is 1. The van der Waals surface area contributed by atoms with Gasteiger partial charge in [-0.3, -0.25) is 4.90 Å². The number of rotatable bonds is 4. The second-order valence-electron chi connectivity index (χ2n) is 11.1. The Morgan fingerprint density at radius 3 is 2.33 bits per heavy atom. The van der Waals surface area contributed by atoms with Crippen molar-refractivity contribution in [2.75, 3.05) is 6.61 Å². The van der Waals surface area contributed by atoms with Crippen LogP contribution in [0.5, 0.6) is 5.75 Å². The molecule has 0 aromatic heterocycles. The van der Waals surface area contributed by atoms with E-state index in [4.69, 9.17) is 13.9 Å². The van der Waals surface area contributed by atoms with Crippen LogP contribution in [-0.4, -0.2) is 43.3 Å². The standard InChI is InChI=1S/C23H38BrNO4Si/c1-21(2,3)28-20(26)25-17(15-27-23(25,7)8)13-16-11-12-19(18(24)14-16)29-30(9,10)22(4,5)6/h11-12,14,17H,13,15H2,1-10H3/t17-/m0/s1. The lowest BCUT2D eigenvalue weighted by Crippen LogP contribution is -2.50. The van der Waals surface area contributed by atoms with Crippen LogP contribution in [0.1, 0.15) is 61.0 Å². The van der Waals surface area contributed by atoms with Gasteiger partial charge in [0.2, 0.25) is 0 Å². The second kappa shape index (κ2) is 8.47. The second-order valence-corrected chi connectivity index (χ2v) is 16.7. The highest BCUT2D eigenvalue weighted by Crippen LogP contribution is 2.40. The normalized spacial score (nSPS) is 19.7. The van der Waals surface area contributed by atoms with Crippen molar-refractivity contribution in [3.63, 3.8) is 0 Å². The number of amides is 1. The SMILES string of the molecule is CC(C)(C)OC(=O)N1[C@@H](Cc2ccc(O[Si](C)(C)C(C)(C)C)c(Br)c2)COC1(C)C. The lowest BCUT2D eigenvalue weighted by molar-refractivity contribution is -0.0624. The summed E-state index contributed by atoms with van der Waals surface area (Å²) in [6.07, 6.45) is 0.341. The molecule has 1 aliphatic rings. The Morgan fingerprint density at radius 2 is 1.83 bits per heavy atom. The molecule has 1 aromatic rings. The Kier molecular flexibility index (Phi) is 7.12. The van der Waals surface area contributed by atoms with Crippen molar-refractivity contribution in [1.82, 2.24) is 4.90 Å². The fourth-order valence-corrected chi connectivity index (χ4v) is 4.86. The van der Waals surface area contributed by atoms with Gasteiger partial charge < -0.3 is 13.9 Å². The summed E-state index contributed by atoms with van der Waals surface area (Å²) in [5, 5.41) is 0.131. The summed E-state index contributed by atoms with van der Waals surface area (Å²) in [4.78, 5) is 14.6. The van der Waals surface area contributed by atoms with Crippen LogP contribution in [0.3, 0.4) is 0 Å². The Bertz CT molecular complexity index is 780. The van der Waals surface area contributed by atoms with Gasteiger partial charge in [-0.1, -0.05) is 26.8 Å². The molecule has 0 saturated carbocycles. The van der Waals surface area contributed by atoms with Gasteiger partial charge in [-0.25, -0.2) is 4.79 Å². The van der Waals surface area contributed by atoms with E-state index in [0.29, 0.717) is 13.0 Å². The van der Waals surface area contributed by atoms with Crippen LogP contribution in [0.15, 0.2) is 22.7 Å². The Morgan fingerprint density at radius 1 is 1.23 bits per heavy atom. The average Bonchev–Trinajstić information content (AvgIpc) is 2.81. The first-order valence-corrected chi connectivity index (χ1v) is 14.3. The molecule has 0 N–H and O–H groups in total. The highest BCUT2D eigenvalue weighted by atomic mass is 79.9. The Balaban J connectivity index is 2.19. The van der Waals surface area contributed by atoms with Crippen LogP contribution >= 0.6 is 15.9 Å². The van der Waals surface area contributed by atoms with Gasteiger partial charge in [0.25, 0.3) is 8.32 Å². The van der Waals surface area contributed by atoms with Crippen molar-refractivity contribution >= 4 is 30.3 Å². The summed E-state index contributed by atoms with van der Waals surface area (Å²) < 4.78 is 19.0. The van der Waals surface area contributed by atoms with Crippen molar-refractivity contribution in [2.24, 2.45) is 0 Å². The molecule has 0 bridgehead atoms. The quantitative estimate of drug-likeness (QED) is 0.429. The van der Waals surface area contributed by atoms with Gasteiger partial charge in [-0.2, -0.15) is 0 Å². The number of carbonyl (C=O) groups excluding carboxylic acids is 1. The number of hydrogen-bond donors (Lipinski definition) is 0. The van der Waals surface area contributed by atoms with E-state index >= 15 is 0 Å². The van der Waals surface area contributed by atoms with Crippen molar-refractivity contribution in [3.05, 3.63) is 28.2 Å². The summed E-state index contributed by atoms with van der Waals surface area (Å²) >= 11 is 3.68. The lowest BCUT2D eigenvalue weighted by atomic mass is 10.0. The van der Waals surface area contributed by atoms with Crippen LogP contribution in [0.4, 0.5) is 4.79 Å². The van der Waals surface area contributed by atoms with E-state index in [-0.39, 0.29) is 17.2 Å². The molecule has 170 valence electrons. The maximum Gasteiger partial charge on any atom is 0.412 e. The molecule has 0 radical (unpaired) electrons. The van der Waals surface area contributed by atoms with E-state index in [1.54, 1.807) is 4.90 Å². The first-order valence-electron chi connectivity index (χ1n) is 10.6. The number of nitrogens with zero attached hydrogens (tertiary/aromatic N) is 1. The van der Waals surface area contributed by atoms with Crippen molar-refractivity contribution in [1.29, 1.82) is 0 Å². The predicted molar refractivity (Wildman–Crippen MR) is 128 cm³/mol. The van der Waals surface area contributed by atoms with E-state index in [2.05, 4.69) is 61.9 Å². The van der Waals surface area contributed by atoms with Crippen molar-refractivity contribution in [2.45, 2.75) is 97.3 Å². The molecule has 1 fully saturated rings. The molecule has 2 rings (SSSR count). The molecular weight excluding hydrogens is 462 g/mol. The minimum atomic E-state index is -1.92. The molecule has 0 unspecified atom stereocenters. The molecule has 1 amide bonds. The maximum absolute atomic E-state index is 12.8. The van der Waals surface area contributed by atoms with Gasteiger partial charge in [0.05, 0.1) is 17.1 Å². The van der Waals surface area contributed by atoms with E-state index in [1.165, 1.54) is 0 Å². The van der Waals surface area contributed by atoms with Gasteiger partial charge in [0, 0.05) is 0 Å². The number of benzene rings is 1. The van der Waals surface area contributed by atoms with Crippen LogP contribution in [0, 0.1) is 0 Å². The van der Waals surface area contributed by atoms with Crippen LogP contribution in [0.2, 0.25) is 18.1 Å². The molecule has 1 aliphatic heterocycles. The van der Waals surface area contributed by atoms with Crippen molar-refractivity contribution < 1.29 is 18.7 Å². The third-order valence-corrected chi connectivity index (χ3v) is 10.8. The molecule has 1 aromatic carbocycles. The summed E-state index contributed by atoms with van der Waals surface area (Å²) in [6, 6.07) is 6.10. The number of halogens is 1. The maximum atomic E-state index is 12.8. The zero-order valence-electron chi connectivity index (χ0n) is 20.2. The minimum Gasteiger partial charge on any atom is -0.543 e. The largest absolute Gasteiger partial charge is 0.543 e. The molecule has 0 aliphatic carbocycles. The molecule has 1 atom stereocenters. The zero-order valence-corrected chi connectivity index (χ0v) is 22.8. The molecule has 0 spiro atoms. The highest BCUT2D eigenvalue weighted by Gasteiger charge is 2.45. The van der Waals surface area contributed by atoms with Crippen LogP contribution in [0.25, 0.3) is 0 Å². The molecule has 5 nitrogen and oxygen atoms in total. The monoisotopic (exact) mass is 499 g/mol. The Hall–Kier alpha value is -1.05. The van der Waals surface area contributed by atoms with Gasteiger partial charge in [0.1, 0.15) is 17.1 Å². The molecule has 1 saturated heterocycles. The zero-order chi connectivity index (χ0) is 23.1. The smallest absolute Gasteiger partial charge is 0.412 e. The molecular formula is C23H38BrNO4Si. The van der Waals surface area contributed by atoms with E-state index in [1.807, 2.05) is 40.7 Å². The molecule has 7 heteroatoms. The van der Waals surface area contributed by atoms with Gasteiger partial charge in [-0.05, 0) is 92.8 Å². The summed E-state index contributed by atoms with van der Waals surface area (Å²) in [5.41, 5.74) is -0.133. The third kappa shape index (κ3) is 6.01. The van der Waals surface area contributed by atoms with E-state index in [0.717, 1.165) is 15.8 Å². The topological polar surface area (TPSA) is 48.0 Å². The lowest BCUT2D eigenvalue weighted by Gasteiger charge is -2.37. The van der Waals surface area contributed by atoms with Crippen molar-refractivity contribution in [3.8, 4) is 5.75 Å². The van der Waals surface area contributed by atoms with E-state index < -0.39 is 19.6 Å². The minimum absolute atomic E-state index is 0.0890. The fraction of sp³-hybridized carbons (Fsp3) is 0.696. The molecule has 1 heterocycles. The van der Waals surface area contributed by atoms with Gasteiger partial charge >= 0.3 is 6.09 Å². The van der Waals surface area contributed by atoms with Crippen LogP contribution < -0.4 is 4.43 Å². The summed E-state index contributed by atoms with van der Waals surface area (Å²) in [5.74, 6) is 0.873. The van der Waals surface area contributed by atoms with E-state index in [9.17, 15) is 4.79 Å². The van der Waals surface area contributed by atoms with Gasteiger partial charge in [-0.15, -0.1) is 0 Å². The highest BCUT2D eigenvalue weighted by molar-refractivity contribution is 9.10. The Labute approximate surface area is 191 Å². The van der Waals surface area contributed by atoms with Gasteiger partial charge in [0.15, 0.2) is 0 Å². The summed E-state index contributed by atoms with van der Waals surface area (Å²) in [7, 11) is -1.92. The third-order valence-electron chi connectivity index (χ3n) is 5.80. The average molecular weight is 501 g/mol. The number of hydrogen-bond acceptors (Lipinski definition) is 4. The molecule has 30 heavy (non-hydrogen) atoms. The summed E-state index contributed by atoms with van der Waals surface area (Å²) in [6.45, 7) is 21.1. The predicted octanol–water partition coefficient (Wildman–Crippen LogP) is 6.75. The fourth-order valence-electron chi connectivity index (χ4n) is 3.17.